The zero-order chi connectivity index (χ0) is 9.80. The Kier molecular flexibility index (Phi) is 4.02. The highest BCUT2D eigenvalue weighted by Gasteiger charge is 2.24. The number of nitrogens with zero attached hydrogens (tertiary/aromatic N) is 1. The Bertz CT molecular complexity index is 256. The Morgan fingerprint density at radius 1 is 1.50 bits per heavy atom. The molecule has 0 spiro atoms. The fourth-order valence-corrected chi connectivity index (χ4v) is 2.98. The molecule has 0 aliphatic heterocycles. The standard InChI is InChI=1S/C11H16BrNS/c12-5-6-13(11-2-1-3-11)8-10-4-7-14-9-10/h4,7,9,11H,1-3,5-6,8H2. The van der Waals surface area contributed by atoms with Gasteiger partial charge in [-0.05, 0) is 35.2 Å². The summed E-state index contributed by atoms with van der Waals surface area (Å²) in [6.07, 6.45) is 4.22. The molecule has 2 rings (SSSR count). The number of hydrogen-bond acceptors (Lipinski definition) is 2. The van der Waals surface area contributed by atoms with Gasteiger partial charge in [0.25, 0.3) is 0 Å². The molecule has 0 aromatic carbocycles. The minimum Gasteiger partial charge on any atom is -0.295 e. The van der Waals surface area contributed by atoms with E-state index < -0.39 is 0 Å². The van der Waals surface area contributed by atoms with E-state index in [2.05, 4.69) is 37.7 Å². The van der Waals surface area contributed by atoms with Gasteiger partial charge in [-0.2, -0.15) is 11.3 Å². The number of alkyl halides is 1. The Labute approximate surface area is 98.2 Å². The first-order chi connectivity index (χ1) is 6.90. The highest BCUT2D eigenvalue weighted by atomic mass is 79.9. The fourth-order valence-electron chi connectivity index (χ4n) is 1.87. The van der Waals surface area contributed by atoms with E-state index in [9.17, 15) is 0 Å². The lowest BCUT2D eigenvalue weighted by Crippen LogP contribution is -2.40. The zero-order valence-corrected chi connectivity index (χ0v) is 10.7. The van der Waals surface area contributed by atoms with Crippen LogP contribution in [0.25, 0.3) is 0 Å². The number of halogens is 1. The van der Waals surface area contributed by atoms with Crippen molar-refractivity contribution in [1.29, 1.82) is 0 Å². The zero-order valence-electron chi connectivity index (χ0n) is 8.29. The van der Waals surface area contributed by atoms with Crippen molar-refractivity contribution < 1.29 is 0 Å². The van der Waals surface area contributed by atoms with E-state index in [-0.39, 0.29) is 0 Å². The minimum atomic E-state index is 0.854. The van der Waals surface area contributed by atoms with E-state index in [1.165, 1.54) is 31.4 Å². The van der Waals surface area contributed by atoms with Gasteiger partial charge in [0.1, 0.15) is 0 Å². The normalized spacial score (nSPS) is 17.3. The minimum absolute atomic E-state index is 0.854. The Balaban J connectivity index is 1.89. The van der Waals surface area contributed by atoms with E-state index in [0.29, 0.717) is 0 Å². The van der Waals surface area contributed by atoms with Gasteiger partial charge in [-0.1, -0.05) is 22.4 Å². The lowest BCUT2D eigenvalue weighted by molar-refractivity contribution is 0.128. The summed E-state index contributed by atoms with van der Waals surface area (Å²) >= 11 is 5.34. The van der Waals surface area contributed by atoms with Gasteiger partial charge in [0.15, 0.2) is 0 Å². The fraction of sp³-hybridized carbons (Fsp3) is 0.636. The van der Waals surface area contributed by atoms with E-state index >= 15 is 0 Å². The summed E-state index contributed by atoms with van der Waals surface area (Å²) in [4.78, 5) is 2.61. The molecule has 0 N–H and O–H groups in total. The average Bonchev–Trinajstić information content (AvgIpc) is 2.54. The molecule has 1 aliphatic rings. The molecule has 1 aromatic heterocycles. The highest BCUT2D eigenvalue weighted by Crippen LogP contribution is 2.26. The first kappa shape index (κ1) is 10.7. The SMILES string of the molecule is BrCCN(Cc1ccsc1)C1CCC1. The summed E-state index contributed by atoms with van der Waals surface area (Å²) in [6, 6.07) is 3.09. The summed E-state index contributed by atoms with van der Waals surface area (Å²) < 4.78 is 0. The molecule has 0 radical (unpaired) electrons. The van der Waals surface area contributed by atoms with Crippen molar-refractivity contribution in [3.63, 3.8) is 0 Å². The Morgan fingerprint density at radius 3 is 2.86 bits per heavy atom. The molecule has 1 saturated carbocycles. The predicted molar refractivity (Wildman–Crippen MR) is 66.2 cm³/mol. The second-order valence-electron chi connectivity index (χ2n) is 3.88. The Hall–Kier alpha value is 0.140. The summed E-state index contributed by atoms with van der Waals surface area (Å²) in [5.74, 6) is 0. The van der Waals surface area contributed by atoms with Gasteiger partial charge in [0.2, 0.25) is 0 Å². The molecule has 0 amide bonds. The average molecular weight is 274 g/mol. The number of thiophene rings is 1. The second-order valence-corrected chi connectivity index (χ2v) is 5.45. The first-order valence-electron chi connectivity index (χ1n) is 5.21. The lowest BCUT2D eigenvalue weighted by atomic mass is 9.91. The molecule has 78 valence electrons. The summed E-state index contributed by atoms with van der Waals surface area (Å²) in [5.41, 5.74) is 1.47. The van der Waals surface area contributed by atoms with Gasteiger partial charge < -0.3 is 0 Å². The molecule has 14 heavy (non-hydrogen) atoms. The smallest absolute Gasteiger partial charge is 0.0245 e. The van der Waals surface area contributed by atoms with Crippen molar-refractivity contribution in [3.05, 3.63) is 22.4 Å². The molecule has 1 aromatic rings. The van der Waals surface area contributed by atoms with Crippen LogP contribution in [0, 0.1) is 0 Å². The van der Waals surface area contributed by atoms with E-state index in [1.807, 2.05) is 0 Å². The first-order valence-corrected chi connectivity index (χ1v) is 7.27. The summed E-state index contributed by atoms with van der Waals surface area (Å²) in [7, 11) is 0. The van der Waals surface area contributed by atoms with Gasteiger partial charge in [-0.25, -0.2) is 0 Å². The number of rotatable bonds is 5. The molecular weight excluding hydrogens is 258 g/mol. The monoisotopic (exact) mass is 273 g/mol. The number of hydrogen-bond donors (Lipinski definition) is 0. The van der Waals surface area contributed by atoms with Gasteiger partial charge in [-0.3, -0.25) is 4.90 Å². The topological polar surface area (TPSA) is 3.24 Å². The van der Waals surface area contributed by atoms with Crippen LogP contribution >= 0.6 is 27.3 Å². The van der Waals surface area contributed by atoms with Gasteiger partial charge in [-0.15, -0.1) is 0 Å². The summed E-state index contributed by atoms with van der Waals surface area (Å²) in [5, 5.41) is 5.52. The van der Waals surface area contributed by atoms with E-state index in [0.717, 1.165) is 17.9 Å². The van der Waals surface area contributed by atoms with Crippen molar-refractivity contribution in [1.82, 2.24) is 4.90 Å². The summed E-state index contributed by atoms with van der Waals surface area (Å²) in [6.45, 7) is 2.32. The Morgan fingerprint density at radius 2 is 2.36 bits per heavy atom. The maximum Gasteiger partial charge on any atom is 0.0245 e. The van der Waals surface area contributed by atoms with Crippen LogP contribution in [0.3, 0.4) is 0 Å². The van der Waals surface area contributed by atoms with Crippen LogP contribution in [0.5, 0.6) is 0 Å². The van der Waals surface area contributed by atoms with E-state index in [4.69, 9.17) is 0 Å². The lowest BCUT2D eigenvalue weighted by Gasteiger charge is -2.37. The van der Waals surface area contributed by atoms with Crippen LogP contribution in [-0.2, 0) is 6.54 Å². The van der Waals surface area contributed by atoms with Crippen molar-refractivity contribution >= 4 is 27.3 Å². The molecule has 1 heterocycles. The third-order valence-electron chi connectivity index (χ3n) is 2.93. The van der Waals surface area contributed by atoms with Gasteiger partial charge >= 0.3 is 0 Å². The molecular formula is C11H16BrNS. The second kappa shape index (κ2) is 5.29. The van der Waals surface area contributed by atoms with Gasteiger partial charge in [0.05, 0.1) is 0 Å². The largest absolute Gasteiger partial charge is 0.295 e. The molecule has 0 saturated heterocycles. The molecule has 0 atom stereocenters. The van der Waals surface area contributed by atoms with E-state index in [1.54, 1.807) is 11.3 Å². The van der Waals surface area contributed by atoms with Crippen LogP contribution in [0.15, 0.2) is 16.8 Å². The molecule has 1 aliphatic carbocycles. The third-order valence-corrected chi connectivity index (χ3v) is 4.02. The van der Waals surface area contributed by atoms with Crippen molar-refractivity contribution in [2.75, 3.05) is 11.9 Å². The van der Waals surface area contributed by atoms with Crippen LogP contribution < -0.4 is 0 Å². The van der Waals surface area contributed by atoms with Crippen LogP contribution in [0.2, 0.25) is 0 Å². The maximum absolute atomic E-state index is 3.54. The predicted octanol–water partition coefficient (Wildman–Crippen LogP) is 3.50. The molecule has 1 fully saturated rings. The molecule has 3 heteroatoms. The van der Waals surface area contributed by atoms with Crippen LogP contribution in [-0.4, -0.2) is 22.8 Å². The maximum atomic E-state index is 3.54. The van der Waals surface area contributed by atoms with Crippen molar-refractivity contribution in [2.45, 2.75) is 31.8 Å². The molecule has 1 nitrogen and oxygen atoms in total. The molecule has 0 unspecified atom stereocenters. The third kappa shape index (κ3) is 2.59. The molecule has 0 bridgehead atoms. The van der Waals surface area contributed by atoms with Crippen molar-refractivity contribution in [3.8, 4) is 0 Å². The highest BCUT2D eigenvalue weighted by molar-refractivity contribution is 9.09. The van der Waals surface area contributed by atoms with Crippen LogP contribution in [0.4, 0.5) is 0 Å². The quantitative estimate of drug-likeness (QED) is 0.743. The van der Waals surface area contributed by atoms with Gasteiger partial charge in [0, 0.05) is 24.5 Å². The van der Waals surface area contributed by atoms with Crippen molar-refractivity contribution in [2.24, 2.45) is 0 Å². The van der Waals surface area contributed by atoms with Crippen LogP contribution in [0.1, 0.15) is 24.8 Å².